The van der Waals surface area contributed by atoms with Crippen molar-refractivity contribution in [2.45, 2.75) is 44.3 Å². The summed E-state index contributed by atoms with van der Waals surface area (Å²) >= 11 is 7.17. The van der Waals surface area contributed by atoms with E-state index in [4.69, 9.17) is 11.6 Å². The Balaban J connectivity index is 1.45. The Kier molecular flexibility index (Phi) is 8.40. The molecule has 2 aliphatic rings. The predicted octanol–water partition coefficient (Wildman–Crippen LogP) is 1.29. The number of aromatic nitrogens is 2. The molecule has 3 N–H and O–H groups in total. The molecule has 3 atom stereocenters. The molecule has 2 aromatic rings. The Labute approximate surface area is 224 Å². The SMILES string of the molecule is CN1CCc2nc(C(=O)N[C@@H]3C[C@@H](C(=O)N(C)C)CCC3NC(=O)C(=O)Nc3ccc(Cl)cn3)sc2C1. The molecule has 4 rings (SSSR count). The number of carbonyl (C=O) groups excluding carboxylic acids is 4. The van der Waals surface area contributed by atoms with Crippen molar-refractivity contribution in [1.82, 2.24) is 30.4 Å². The number of nitrogens with zero attached hydrogens (tertiary/aromatic N) is 4. The first-order valence-corrected chi connectivity index (χ1v) is 13.2. The zero-order chi connectivity index (χ0) is 26.7. The van der Waals surface area contributed by atoms with Gasteiger partial charge in [0.05, 0.1) is 16.8 Å². The van der Waals surface area contributed by atoms with Gasteiger partial charge in [0.1, 0.15) is 5.82 Å². The first-order chi connectivity index (χ1) is 17.6. The highest BCUT2D eigenvalue weighted by molar-refractivity contribution is 7.13. The second-order valence-corrected chi connectivity index (χ2v) is 11.1. The molecule has 0 saturated heterocycles. The fraction of sp³-hybridized carbons (Fsp3) is 0.500. The third-order valence-corrected chi connectivity index (χ3v) is 7.87. The van der Waals surface area contributed by atoms with E-state index in [1.165, 1.54) is 28.5 Å². The second kappa shape index (κ2) is 11.5. The van der Waals surface area contributed by atoms with E-state index in [-0.39, 0.29) is 23.6 Å². The predicted molar refractivity (Wildman–Crippen MR) is 139 cm³/mol. The number of hydrogen-bond donors (Lipinski definition) is 3. The quantitative estimate of drug-likeness (QED) is 0.480. The van der Waals surface area contributed by atoms with E-state index in [2.05, 4.69) is 30.8 Å². The minimum Gasteiger partial charge on any atom is -0.349 e. The normalized spacial score (nSPS) is 21.5. The molecule has 198 valence electrons. The lowest BCUT2D eigenvalue weighted by Crippen LogP contribution is -2.57. The summed E-state index contributed by atoms with van der Waals surface area (Å²) in [4.78, 5) is 64.3. The van der Waals surface area contributed by atoms with Crippen LogP contribution in [0.1, 0.15) is 39.6 Å². The Bertz CT molecular complexity index is 1190. The van der Waals surface area contributed by atoms with Crippen LogP contribution < -0.4 is 16.0 Å². The van der Waals surface area contributed by atoms with E-state index in [0.29, 0.717) is 29.3 Å². The zero-order valence-corrected chi connectivity index (χ0v) is 22.5. The van der Waals surface area contributed by atoms with Crippen LogP contribution in [0.25, 0.3) is 0 Å². The van der Waals surface area contributed by atoms with Crippen LogP contribution in [-0.4, -0.2) is 83.2 Å². The molecule has 0 radical (unpaired) electrons. The maximum absolute atomic E-state index is 13.2. The molecule has 11 nitrogen and oxygen atoms in total. The van der Waals surface area contributed by atoms with E-state index in [9.17, 15) is 19.2 Å². The number of fused-ring (bicyclic) bond motifs is 1. The summed E-state index contributed by atoms with van der Waals surface area (Å²) in [5.74, 6) is -2.25. The molecule has 37 heavy (non-hydrogen) atoms. The van der Waals surface area contributed by atoms with Gasteiger partial charge in [0.2, 0.25) is 5.91 Å². The smallest absolute Gasteiger partial charge is 0.314 e. The van der Waals surface area contributed by atoms with Crippen LogP contribution in [0, 0.1) is 5.92 Å². The van der Waals surface area contributed by atoms with E-state index in [0.717, 1.165) is 30.1 Å². The minimum atomic E-state index is -0.886. The van der Waals surface area contributed by atoms with Crippen molar-refractivity contribution < 1.29 is 19.2 Å². The minimum absolute atomic E-state index is 0.0386. The van der Waals surface area contributed by atoms with Crippen molar-refractivity contribution in [1.29, 1.82) is 0 Å². The van der Waals surface area contributed by atoms with Crippen LogP contribution in [0.15, 0.2) is 18.3 Å². The van der Waals surface area contributed by atoms with Crippen LogP contribution >= 0.6 is 22.9 Å². The van der Waals surface area contributed by atoms with Gasteiger partial charge in [-0.25, -0.2) is 9.97 Å². The summed E-state index contributed by atoms with van der Waals surface area (Å²) < 4.78 is 0. The molecule has 1 fully saturated rings. The maximum Gasteiger partial charge on any atom is 0.314 e. The van der Waals surface area contributed by atoms with Gasteiger partial charge in [-0.2, -0.15) is 0 Å². The van der Waals surface area contributed by atoms with Gasteiger partial charge in [-0.05, 0) is 38.4 Å². The van der Waals surface area contributed by atoms with Gasteiger partial charge in [0.25, 0.3) is 5.91 Å². The molecule has 0 spiro atoms. The van der Waals surface area contributed by atoms with Crippen LogP contribution in [0.3, 0.4) is 0 Å². The van der Waals surface area contributed by atoms with Gasteiger partial charge in [0, 0.05) is 56.6 Å². The largest absolute Gasteiger partial charge is 0.349 e. The van der Waals surface area contributed by atoms with Crippen molar-refractivity contribution in [2.75, 3.05) is 33.0 Å². The monoisotopic (exact) mass is 547 g/mol. The molecule has 1 aliphatic heterocycles. The van der Waals surface area contributed by atoms with E-state index in [1.54, 1.807) is 20.2 Å². The number of rotatable bonds is 5. The second-order valence-electron chi connectivity index (χ2n) is 9.60. The summed E-state index contributed by atoms with van der Waals surface area (Å²) in [6.07, 6.45) is 3.42. The van der Waals surface area contributed by atoms with Crippen molar-refractivity contribution in [3.63, 3.8) is 0 Å². The molecule has 1 unspecified atom stereocenters. The average Bonchev–Trinajstić information content (AvgIpc) is 3.29. The standard InChI is InChI=1S/C24H30ClN7O4S/c1-31(2)24(36)13-4-6-15(27-20(33)21(34)30-19-7-5-14(25)11-26-19)17(10-13)28-22(35)23-29-16-8-9-32(3)12-18(16)37-23/h5,7,11,13,15,17H,4,6,8-10,12H2,1-3H3,(H,27,33)(H,28,35)(H,26,30,34)/t13-,15?,17+/m0/s1. The van der Waals surface area contributed by atoms with Crippen molar-refractivity contribution >= 4 is 52.4 Å². The lowest BCUT2D eigenvalue weighted by Gasteiger charge is -2.37. The third kappa shape index (κ3) is 6.62. The summed E-state index contributed by atoms with van der Waals surface area (Å²) in [6, 6.07) is 1.95. The van der Waals surface area contributed by atoms with E-state index < -0.39 is 23.9 Å². The zero-order valence-electron chi connectivity index (χ0n) is 20.9. The molecule has 1 saturated carbocycles. The summed E-state index contributed by atoms with van der Waals surface area (Å²) in [5, 5.41) is 8.91. The number of halogens is 1. The van der Waals surface area contributed by atoms with Crippen LogP contribution in [0.5, 0.6) is 0 Å². The molecule has 0 aromatic carbocycles. The molecular formula is C24H30ClN7O4S. The van der Waals surface area contributed by atoms with Crippen LogP contribution in [-0.2, 0) is 27.3 Å². The highest BCUT2D eigenvalue weighted by atomic mass is 35.5. The van der Waals surface area contributed by atoms with Gasteiger partial charge in [0.15, 0.2) is 5.01 Å². The fourth-order valence-corrected chi connectivity index (χ4v) is 5.80. The molecule has 0 bridgehead atoms. The molecule has 1 aliphatic carbocycles. The van der Waals surface area contributed by atoms with Crippen molar-refractivity contribution in [2.24, 2.45) is 5.92 Å². The lowest BCUT2D eigenvalue weighted by atomic mass is 9.81. The first kappa shape index (κ1) is 27.0. The van der Waals surface area contributed by atoms with Crippen molar-refractivity contribution in [3.05, 3.63) is 38.9 Å². The van der Waals surface area contributed by atoms with Crippen LogP contribution in [0.2, 0.25) is 5.02 Å². The number of nitrogens with one attached hydrogen (secondary N) is 3. The van der Waals surface area contributed by atoms with Gasteiger partial charge in [-0.15, -0.1) is 11.3 Å². The highest BCUT2D eigenvalue weighted by Crippen LogP contribution is 2.28. The molecule has 4 amide bonds. The first-order valence-electron chi connectivity index (χ1n) is 12.0. The average molecular weight is 548 g/mol. The number of amides is 4. The summed E-state index contributed by atoms with van der Waals surface area (Å²) in [7, 11) is 5.41. The molecule has 3 heterocycles. The number of likely N-dealkylation sites (N-methyl/N-ethyl adjacent to an activating group) is 1. The number of hydrogen-bond acceptors (Lipinski definition) is 8. The van der Waals surface area contributed by atoms with Gasteiger partial charge in [-0.1, -0.05) is 11.6 Å². The number of thiazole rings is 1. The van der Waals surface area contributed by atoms with E-state index >= 15 is 0 Å². The van der Waals surface area contributed by atoms with Gasteiger partial charge < -0.3 is 25.8 Å². The van der Waals surface area contributed by atoms with Gasteiger partial charge in [-0.3, -0.25) is 19.2 Å². The Hall–Kier alpha value is -3.09. The van der Waals surface area contributed by atoms with Crippen molar-refractivity contribution in [3.8, 4) is 0 Å². The maximum atomic E-state index is 13.2. The van der Waals surface area contributed by atoms with Crippen LogP contribution in [0.4, 0.5) is 5.82 Å². The Morgan fingerprint density at radius 1 is 1.11 bits per heavy atom. The summed E-state index contributed by atoms with van der Waals surface area (Å²) in [5.41, 5.74) is 0.940. The molecule has 13 heteroatoms. The highest BCUT2D eigenvalue weighted by Gasteiger charge is 2.37. The topological polar surface area (TPSA) is 137 Å². The number of pyridine rings is 1. The molecular weight excluding hydrogens is 518 g/mol. The summed E-state index contributed by atoms with van der Waals surface area (Å²) in [6.45, 7) is 1.63. The number of carbonyl (C=O) groups is 4. The lowest BCUT2D eigenvalue weighted by molar-refractivity contribution is -0.137. The Morgan fingerprint density at radius 2 is 1.89 bits per heavy atom. The fourth-order valence-electron chi connectivity index (χ4n) is 4.60. The molecule has 2 aromatic heterocycles. The van der Waals surface area contributed by atoms with E-state index in [1.807, 2.05) is 7.05 Å². The third-order valence-electron chi connectivity index (χ3n) is 6.56. The number of anilines is 1. The van der Waals surface area contributed by atoms with Gasteiger partial charge >= 0.3 is 11.8 Å². The Morgan fingerprint density at radius 3 is 2.59 bits per heavy atom.